The van der Waals surface area contributed by atoms with Gasteiger partial charge in [0.25, 0.3) is 5.91 Å². The van der Waals surface area contributed by atoms with E-state index in [1.807, 2.05) is 0 Å². The topological polar surface area (TPSA) is 166 Å². The molecule has 2 amide bonds. The molecule has 0 aliphatic heterocycles. The molecule has 2 rings (SSSR count). The zero-order chi connectivity index (χ0) is 23.0. The maximum absolute atomic E-state index is 12.3. The highest BCUT2D eigenvalue weighted by Crippen LogP contribution is 2.32. The van der Waals surface area contributed by atoms with Crippen LogP contribution in [-0.2, 0) is 16.0 Å². The third kappa shape index (κ3) is 7.35. The van der Waals surface area contributed by atoms with Crippen LogP contribution < -0.4 is 21.9 Å². The zero-order valence-electron chi connectivity index (χ0n) is 15.9. The zero-order valence-corrected chi connectivity index (χ0v) is 19.1. The number of phenolic OH excluding ortho intramolecular Hbond substituents is 1. The average Bonchev–Trinajstić information content (AvgIpc) is 2.73. The first-order valence-electron chi connectivity index (χ1n) is 8.77. The number of carbonyl (C=O) groups excluding carboxylic acids is 2. The Balaban J connectivity index is 1.99. The molecule has 0 heterocycles. The lowest BCUT2D eigenvalue weighted by atomic mass is 10.0. The molecule has 164 valence electrons. The van der Waals surface area contributed by atoms with Gasteiger partial charge in [0.1, 0.15) is 18.1 Å². The number of hydrogen-bond donors (Lipinski definition) is 6. The largest absolute Gasteiger partial charge is 0.506 e. The molecular weight excluding hydrogens is 538 g/mol. The second-order valence-corrected chi connectivity index (χ2v) is 7.99. The van der Waals surface area contributed by atoms with Crippen molar-refractivity contribution in [2.75, 3.05) is 6.54 Å². The van der Waals surface area contributed by atoms with E-state index in [0.717, 1.165) is 0 Å². The summed E-state index contributed by atoms with van der Waals surface area (Å²) in [6.45, 7) is -0.436. The van der Waals surface area contributed by atoms with Crippen LogP contribution in [0, 0.1) is 0 Å². The van der Waals surface area contributed by atoms with E-state index in [4.69, 9.17) is 5.84 Å². The van der Waals surface area contributed by atoms with Gasteiger partial charge >= 0.3 is 5.97 Å². The van der Waals surface area contributed by atoms with Crippen LogP contribution in [-0.4, -0.2) is 46.9 Å². The lowest BCUT2D eigenvalue weighted by Gasteiger charge is -2.16. The van der Waals surface area contributed by atoms with E-state index in [-0.39, 0.29) is 17.7 Å². The number of carboxylic acids is 1. The monoisotopic (exact) mass is 555 g/mol. The van der Waals surface area contributed by atoms with E-state index in [2.05, 4.69) is 52.9 Å². The number of hydrogen-bond acceptors (Lipinski definition) is 6. The van der Waals surface area contributed by atoms with Gasteiger partial charge in [0.15, 0.2) is 0 Å². The van der Waals surface area contributed by atoms with E-state index in [9.17, 15) is 24.6 Å². The standard InChI is InChI=1S/C19H19Br2N5O5/c20-12-4-11(17(28)14(21)7-12)6-15(19(30)31)26-16(27)8-23-18(29)10-2-1-3-13(5-10)24-9-25-22/h1-5,7,9,15,28H,6,8,22H2,(H,23,29)(H,24,25)(H,26,27)(H,30,31). The summed E-state index contributed by atoms with van der Waals surface area (Å²) in [6.07, 6.45) is 1.09. The second kappa shape index (κ2) is 11.4. The Bertz CT molecular complexity index is 1020. The number of nitrogens with one attached hydrogen (secondary N) is 3. The summed E-state index contributed by atoms with van der Waals surface area (Å²) in [5.41, 5.74) is 3.30. The van der Waals surface area contributed by atoms with E-state index >= 15 is 0 Å². The van der Waals surface area contributed by atoms with Crippen molar-refractivity contribution in [2.24, 2.45) is 10.8 Å². The van der Waals surface area contributed by atoms with Crippen molar-refractivity contribution >= 4 is 61.7 Å². The van der Waals surface area contributed by atoms with Gasteiger partial charge in [-0.25, -0.2) is 15.6 Å². The first-order chi connectivity index (χ1) is 14.7. The van der Waals surface area contributed by atoms with Crippen LogP contribution >= 0.6 is 31.9 Å². The number of hydrazine groups is 1. The number of aromatic hydroxyl groups is 1. The van der Waals surface area contributed by atoms with E-state index in [1.165, 1.54) is 18.5 Å². The van der Waals surface area contributed by atoms with E-state index in [1.54, 1.807) is 24.3 Å². The highest BCUT2D eigenvalue weighted by molar-refractivity contribution is 9.11. The Morgan fingerprint density at radius 3 is 2.61 bits per heavy atom. The molecule has 0 bridgehead atoms. The summed E-state index contributed by atoms with van der Waals surface area (Å²) in [6, 6.07) is 8.16. The van der Waals surface area contributed by atoms with Crippen LogP contribution in [0.15, 0.2) is 50.3 Å². The van der Waals surface area contributed by atoms with E-state index < -0.39 is 30.4 Å². The number of nitrogens with two attached hydrogens (primary N) is 1. The summed E-state index contributed by atoms with van der Waals surface area (Å²) < 4.78 is 1.01. The number of phenols is 1. The molecule has 1 unspecified atom stereocenters. The van der Waals surface area contributed by atoms with Gasteiger partial charge in [0.2, 0.25) is 5.91 Å². The first-order valence-corrected chi connectivity index (χ1v) is 10.4. The van der Waals surface area contributed by atoms with Gasteiger partial charge in [-0.05, 0) is 51.8 Å². The van der Waals surface area contributed by atoms with Crippen molar-refractivity contribution in [3.05, 3.63) is 56.5 Å². The SMILES string of the molecule is NNC=Nc1cccc(C(=O)NCC(=O)NC(Cc2cc(Br)cc(Br)c2O)C(=O)O)c1. The molecule has 1 atom stereocenters. The van der Waals surface area contributed by atoms with Gasteiger partial charge in [-0.2, -0.15) is 0 Å². The van der Waals surface area contributed by atoms with Gasteiger partial charge in [-0.1, -0.05) is 22.0 Å². The molecule has 0 aliphatic carbocycles. The molecule has 7 N–H and O–H groups in total. The number of carbonyl (C=O) groups is 3. The van der Waals surface area contributed by atoms with Gasteiger partial charge in [0.05, 0.1) is 16.7 Å². The Hall–Kier alpha value is -2.96. The number of nitrogens with zero attached hydrogens (tertiary/aromatic N) is 1. The molecule has 0 aliphatic rings. The molecule has 10 nitrogen and oxygen atoms in total. The summed E-state index contributed by atoms with van der Waals surface area (Å²) in [7, 11) is 0. The Morgan fingerprint density at radius 1 is 1.19 bits per heavy atom. The average molecular weight is 557 g/mol. The number of benzene rings is 2. The normalized spacial score (nSPS) is 11.7. The summed E-state index contributed by atoms with van der Waals surface area (Å²) >= 11 is 6.44. The molecular formula is C19H19Br2N5O5. The Labute approximate surface area is 194 Å². The molecule has 0 aromatic heterocycles. The van der Waals surface area contributed by atoms with Crippen LogP contribution in [0.5, 0.6) is 5.75 Å². The van der Waals surface area contributed by atoms with Crippen LogP contribution in [0.4, 0.5) is 5.69 Å². The third-order valence-corrected chi connectivity index (χ3v) is 5.03. The summed E-state index contributed by atoms with van der Waals surface area (Å²) in [5, 5.41) is 24.3. The van der Waals surface area contributed by atoms with Crippen molar-refractivity contribution in [3.63, 3.8) is 0 Å². The molecule has 2 aromatic rings. The number of halogens is 2. The number of aliphatic carboxylic acids is 1. The van der Waals surface area contributed by atoms with Gasteiger partial charge < -0.3 is 26.3 Å². The molecule has 0 saturated carbocycles. The van der Waals surface area contributed by atoms with Gasteiger partial charge in [0, 0.05) is 16.5 Å². The van der Waals surface area contributed by atoms with Gasteiger partial charge in [-0.3, -0.25) is 9.59 Å². The minimum atomic E-state index is -1.31. The highest BCUT2D eigenvalue weighted by atomic mass is 79.9. The third-order valence-electron chi connectivity index (χ3n) is 3.97. The minimum Gasteiger partial charge on any atom is -0.506 e. The number of rotatable bonds is 9. The van der Waals surface area contributed by atoms with Crippen molar-refractivity contribution in [2.45, 2.75) is 12.5 Å². The maximum atomic E-state index is 12.3. The van der Waals surface area contributed by atoms with Crippen molar-refractivity contribution in [1.82, 2.24) is 16.1 Å². The lowest BCUT2D eigenvalue weighted by Crippen LogP contribution is -2.46. The molecule has 2 aromatic carbocycles. The number of carboxylic acid groups (broad SMARTS) is 1. The van der Waals surface area contributed by atoms with Crippen LogP contribution in [0.3, 0.4) is 0 Å². The van der Waals surface area contributed by atoms with Crippen molar-refractivity contribution < 1.29 is 24.6 Å². The fraction of sp³-hybridized carbons (Fsp3) is 0.158. The molecule has 12 heteroatoms. The van der Waals surface area contributed by atoms with Gasteiger partial charge in [-0.15, -0.1) is 0 Å². The highest BCUT2D eigenvalue weighted by Gasteiger charge is 2.23. The van der Waals surface area contributed by atoms with E-state index in [0.29, 0.717) is 20.2 Å². The molecule has 0 radical (unpaired) electrons. The van der Waals surface area contributed by atoms with Crippen LogP contribution in [0.2, 0.25) is 0 Å². The van der Waals surface area contributed by atoms with Crippen molar-refractivity contribution in [3.8, 4) is 5.75 Å². The predicted octanol–water partition coefficient (Wildman–Crippen LogP) is 1.58. The molecule has 31 heavy (non-hydrogen) atoms. The Morgan fingerprint density at radius 2 is 1.94 bits per heavy atom. The lowest BCUT2D eigenvalue weighted by molar-refractivity contribution is -0.141. The Kier molecular flexibility index (Phi) is 8.97. The second-order valence-electron chi connectivity index (χ2n) is 6.22. The maximum Gasteiger partial charge on any atom is 0.326 e. The number of aliphatic imine (C=N–C) groups is 1. The first kappa shape index (κ1) is 24.3. The van der Waals surface area contributed by atoms with Crippen molar-refractivity contribution in [1.29, 1.82) is 0 Å². The quantitative estimate of drug-likeness (QED) is 0.118. The summed E-state index contributed by atoms with van der Waals surface area (Å²) in [5.74, 6) is 2.47. The fourth-order valence-corrected chi connectivity index (χ4v) is 3.86. The predicted molar refractivity (Wildman–Crippen MR) is 121 cm³/mol. The minimum absolute atomic E-state index is 0.121. The van der Waals surface area contributed by atoms with Crippen LogP contribution in [0.1, 0.15) is 15.9 Å². The molecule has 0 saturated heterocycles. The van der Waals surface area contributed by atoms with Crippen LogP contribution in [0.25, 0.3) is 0 Å². The number of amides is 2. The molecule has 0 fully saturated rings. The summed E-state index contributed by atoms with van der Waals surface area (Å²) in [4.78, 5) is 40.0. The molecule has 0 spiro atoms. The smallest absolute Gasteiger partial charge is 0.326 e. The fourth-order valence-electron chi connectivity index (χ4n) is 2.54.